The zero-order valence-corrected chi connectivity index (χ0v) is 22.0. The molecule has 0 N–H and O–H groups in total. The van der Waals surface area contributed by atoms with Crippen LogP contribution in [0.25, 0.3) is 0 Å². The molecule has 0 saturated heterocycles. The van der Waals surface area contributed by atoms with E-state index in [1.165, 1.54) is 0 Å². The van der Waals surface area contributed by atoms with E-state index in [4.69, 9.17) is 42.3 Å². The Morgan fingerprint density at radius 1 is 0.323 bits per heavy atom. The Morgan fingerprint density at radius 2 is 0.516 bits per heavy atom. The van der Waals surface area contributed by atoms with E-state index < -0.39 is 14.2 Å². The van der Waals surface area contributed by atoms with Crippen molar-refractivity contribution in [3.63, 3.8) is 0 Å². The van der Waals surface area contributed by atoms with Crippen LogP contribution < -0.4 is 0 Å². The van der Waals surface area contributed by atoms with Crippen LogP contribution in [0.3, 0.4) is 0 Å². The monoisotopic (exact) mass is 520 g/mol. The Morgan fingerprint density at radius 3 is 0.677 bits per heavy atom. The van der Waals surface area contributed by atoms with E-state index in [0.29, 0.717) is 66.1 Å². The zero-order valence-electron chi connectivity index (χ0n) is 20.1. The first-order valence-electron chi connectivity index (χ1n) is 11.3. The molecule has 11 heteroatoms. The van der Waals surface area contributed by atoms with E-state index >= 15 is 0 Å². The van der Waals surface area contributed by atoms with Gasteiger partial charge in [-0.15, -0.1) is 0 Å². The molecule has 190 valence electrons. The molecule has 31 heavy (non-hydrogen) atoms. The quantitative estimate of drug-likeness (QED) is 0.132. The summed E-state index contributed by atoms with van der Waals surface area (Å²) in [6.45, 7) is 15.1. The first kappa shape index (κ1) is 31.2. The summed E-state index contributed by atoms with van der Waals surface area (Å²) in [5.74, 6) is 0. The fourth-order valence-corrected chi connectivity index (χ4v) is 7.79. The van der Waals surface area contributed by atoms with E-state index in [-0.39, 0.29) is 33.0 Å². The molecule has 0 aromatic carbocycles. The van der Waals surface area contributed by atoms with Crippen molar-refractivity contribution in [2.45, 2.75) is 34.6 Å². The van der Waals surface area contributed by atoms with Crippen molar-refractivity contribution in [1.82, 2.24) is 0 Å². The SMILES string of the molecule is CCOCCO[As](OCCOCC)(OCCOCC)(OCCOCC)OCCOCC. The number of hydrogen-bond acceptors (Lipinski definition) is 10. The van der Waals surface area contributed by atoms with Crippen LogP contribution >= 0.6 is 0 Å². The summed E-state index contributed by atoms with van der Waals surface area (Å²) in [6.07, 6.45) is 0. The Bertz CT molecular complexity index is 302. The number of rotatable bonds is 25. The van der Waals surface area contributed by atoms with Gasteiger partial charge >= 0.3 is 190 Å². The third-order valence-electron chi connectivity index (χ3n) is 3.67. The molecule has 0 heterocycles. The van der Waals surface area contributed by atoms with Crippen LogP contribution in [0.2, 0.25) is 0 Å². The molecule has 0 aliphatic rings. The molecule has 0 aromatic heterocycles. The van der Waals surface area contributed by atoms with E-state index in [1.807, 2.05) is 34.6 Å². The molecule has 0 radical (unpaired) electrons. The molecule has 0 rings (SSSR count). The van der Waals surface area contributed by atoms with Crippen molar-refractivity contribution in [3.05, 3.63) is 0 Å². The molecule has 0 bridgehead atoms. The van der Waals surface area contributed by atoms with Crippen LogP contribution in [0.15, 0.2) is 0 Å². The molecule has 0 saturated carbocycles. The van der Waals surface area contributed by atoms with Crippen molar-refractivity contribution in [2.75, 3.05) is 99.1 Å². The van der Waals surface area contributed by atoms with E-state index in [2.05, 4.69) is 0 Å². The molecule has 0 aromatic rings. The van der Waals surface area contributed by atoms with Crippen LogP contribution in [-0.2, 0) is 42.3 Å². The molecule has 0 spiro atoms. The minimum atomic E-state index is -5.19. The van der Waals surface area contributed by atoms with Crippen molar-refractivity contribution in [1.29, 1.82) is 0 Å². The second-order valence-electron chi connectivity index (χ2n) is 5.90. The molecule has 0 unspecified atom stereocenters. The van der Waals surface area contributed by atoms with Crippen molar-refractivity contribution < 1.29 is 42.3 Å². The Kier molecular flexibility index (Phi) is 20.8. The maximum absolute atomic E-state index is 6.18. The number of hydrogen-bond donors (Lipinski definition) is 0. The molecule has 0 aliphatic carbocycles. The molecule has 0 atom stereocenters. The third kappa shape index (κ3) is 14.8. The fraction of sp³-hybridized carbons (Fsp3) is 1.00. The van der Waals surface area contributed by atoms with Gasteiger partial charge in [0.15, 0.2) is 0 Å². The topological polar surface area (TPSA) is 92.3 Å². The standard InChI is InChI=1S/C20H45AsO10/c1-6-22-11-16-27-21(28-17-12-23-7-2,29-18-13-24-8-3,30-19-14-25-9-4)31-20-15-26-10-5/h6-20H2,1-5H3. The molecule has 0 fully saturated rings. The van der Waals surface area contributed by atoms with Crippen molar-refractivity contribution in [3.8, 4) is 0 Å². The second kappa shape index (κ2) is 20.7. The summed E-state index contributed by atoms with van der Waals surface area (Å²) in [7, 11) is 0. The Hall–Kier alpha value is 0.158. The number of ether oxygens (including phenoxy) is 5. The molecule has 10 nitrogen and oxygen atoms in total. The van der Waals surface area contributed by atoms with Gasteiger partial charge in [-0.2, -0.15) is 0 Å². The first-order chi connectivity index (χ1) is 15.1. The molecule has 0 amide bonds. The second-order valence-corrected chi connectivity index (χ2v) is 11.7. The van der Waals surface area contributed by atoms with Crippen molar-refractivity contribution in [2.24, 2.45) is 0 Å². The van der Waals surface area contributed by atoms with Crippen LogP contribution in [0, 0.1) is 0 Å². The van der Waals surface area contributed by atoms with E-state index in [9.17, 15) is 0 Å². The predicted molar refractivity (Wildman–Crippen MR) is 118 cm³/mol. The minimum absolute atomic E-state index is 0.186. The van der Waals surface area contributed by atoms with E-state index in [1.54, 1.807) is 0 Å². The average Bonchev–Trinajstić information content (AvgIpc) is 2.78. The van der Waals surface area contributed by atoms with Gasteiger partial charge in [-0.25, -0.2) is 0 Å². The van der Waals surface area contributed by atoms with Gasteiger partial charge in [-0.05, 0) is 0 Å². The summed E-state index contributed by atoms with van der Waals surface area (Å²) in [5.41, 5.74) is 0. The summed E-state index contributed by atoms with van der Waals surface area (Å²) >= 11 is -5.19. The fourth-order valence-electron chi connectivity index (χ4n) is 2.32. The Labute approximate surface area is 190 Å². The Balaban J connectivity index is 5.60. The van der Waals surface area contributed by atoms with Crippen LogP contribution in [0.5, 0.6) is 0 Å². The zero-order chi connectivity index (χ0) is 23.1. The van der Waals surface area contributed by atoms with Crippen LogP contribution in [-0.4, -0.2) is 113 Å². The third-order valence-corrected chi connectivity index (χ3v) is 10.0. The maximum atomic E-state index is 6.18. The van der Waals surface area contributed by atoms with Gasteiger partial charge in [-0.3, -0.25) is 0 Å². The molecule has 0 aliphatic heterocycles. The summed E-state index contributed by atoms with van der Waals surface area (Å²) < 4.78 is 58.1. The van der Waals surface area contributed by atoms with Gasteiger partial charge in [-0.1, -0.05) is 0 Å². The van der Waals surface area contributed by atoms with Crippen LogP contribution in [0.4, 0.5) is 0 Å². The summed E-state index contributed by atoms with van der Waals surface area (Å²) in [4.78, 5) is 0. The molecular formula is C20H45AsO10. The first-order valence-corrected chi connectivity index (χ1v) is 15.1. The van der Waals surface area contributed by atoms with Gasteiger partial charge in [0.1, 0.15) is 0 Å². The van der Waals surface area contributed by atoms with Gasteiger partial charge in [0, 0.05) is 0 Å². The van der Waals surface area contributed by atoms with Gasteiger partial charge in [0.25, 0.3) is 0 Å². The predicted octanol–water partition coefficient (Wildman–Crippen LogP) is 2.14. The summed E-state index contributed by atoms with van der Waals surface area (Å²) in [6, 6.07) is 0. The van der Waals surface area contributed by atoms with Gasteiger partial charge in [0.2, 0.25) is 0 Å². The summed E-state index contributed by atoms with van der Waals surface area (Å²) in [5, 5.41) is 0. The van der Waals surface area contributed by atoms with Crippen LogP contribution in [0.1, 0.15) is 34.6 Å². The molecular weight excluding hydrogens is 475 g/mol. The van der Waals surface area contributed by atoms with Gasteiger partial charge < -0.3 is 0 Å². The van der Waals surface area contributed by atoms with Gasteiger partial charge in [0.05, 0.1) is 0 Å². The normalized spacial score (nSPS) is 13.4. The van der Waals surface area contributed by atoms with E-state index in [0.717, 1.165) is 0 Å². The van der Waals surface area contributed by atoms with Crippen molar-refractivity contribution >= 4 is 14.2 Å². The average molecular weight is 520 g/mol.